The zero-order valence-electron chi connectivity index (χ0n) is 10.5. The SMILES string of the molecule is Clc1ccc2nc(NCc3noc(C4CC4)n3)sc2c1. The first-order valence-corrected chi connectivity index (χ1v) is 7.60. The summed E-state index contributed by atoms with van der Waals surface area (Å²) in [4.78, 5) is 8.86. The van der Waals surface area contributed by atoms with Crippen LogP contribution < -0.4 is 5.32 Å². The van der Waals surface area contributed by atoms with Crippen LogP contribution in [0.15, 0.2) is 22.7 Å². The van der Waals surface area contributed by atoms with Crippen LogP contribution in [0.3, 0.4) is 0 Å². The Balaban J connectivity index is 1.48. The number of aromatic nitrogens is 3. The topological polar surface area (TPSA) is 63.8 Å². The fourth-order valence-corrected chi connectivity index (χ4v) is 3.10. The molecule has 0 amide bonds. The molecule has 0 bridgehead atoms. The lowest BCUT2D eigenvalue weighted by Gasteiger charge is -1.95. The molecule has 20 heavy (non-hydrogen) atoms. The maximum absolute atomic E-state index is 5.97. The van der Waals surface area contributed by atoms with Gasteiger partial charge in [-0.3, -0.25) is 0 Å². The van der Waals surface area contributed by atoms with E-state index in [4.69, 9.17) is 16.1 Å². The second-order valence-electron chi connectivity index (χ2n) is 4.81. The lowest BCUT2D eigenvalue weighted by molar-refractivity contribution is 0.374. The van der Waals surface area contributed by atoms with Gasteiger partial charge in [0.25, 0.3) is 0 Å². The zero-order valence-corrected chi connectivity index (χ0v) is 12.0. The number of hydrogen-bond acceptors (Lipinski definition) is 6. The molecule has 102 valence electrons. The Bertz CT molecular complexity index is 765. The van der Waals surface area contributed by atoms with Gasteiger partial charge in [-0.1, -0.05) is 28.1 Å². The smallest absolute Gasteiger partial charge is 0.229 e. The molecule has 1 saturated carbocycles. The molecule has 5 nitrogen and oxygen atoms in total. The normalized spacial score (nSPS) is 14.8. The molecule has 1 aliphatic carbocycles. The van der Waals surface area contributed by atoms with Crippen LogP contribution in [-0.4, -0.2) is 15.1 Å². The van der Waals surface area contributed by atoms with E-state index in [-0.39, 0.29) is 0 Å². The first-order chi connectivity index (χ1) is 9.78. The van der Waals surface area contributed by atoms with Crippen molar-refractivity contribution in [3.8, 4) is 0 Å². The summed E-state index contributed by atoms with van der Waals surface area (Å²) in [6.45, 7) is 0.518. The predicted molar refractivity (Wildman–Crippen MR) is 78.2 cm³/mol. The molecule has 1 fully saturated rings. The van der Waals surface area contributed by atoms with Gasteiger partial charge in [0.05, 0.1) is 16.8 Å². The summed E-state index contributed by atoms with van der Waals surface area (Å²) in [6.07, 6.45) is 2.32. The van der Waals surface area contributed by atoms with E-state index in [2.05, 4.69) is 20.4 Å². The van der Waals surface area contributed by atoms with Crippen molar-refractivity contribution in [2.75, 3.05) is 5.32 Å². The number of thiazole rings is 1. The molecule has 2 aromatic heterocycles. The van der Waals surface area contributed by atoms with Crippen LogP contribution in [0.25, 0.3) is 10.2 Å². The molecule has 0 aliphatic heterocycles. The van der Waals surface area contributed by atoms with Crippen molar-refractivity contribution < 1.29 is 4.52 Å². The van der Waals surface area contributed by atoms with E-state index in [1.807, 2.05) is 18.2 Å². The van der Waals surface area contributed by atoms with Gasteiger partial charge in [0.1, 0.15) is 0 Å². The van der Waals surface area contributed by atoms with Crippen molar-refractivity contribution >= 4 is 38.3 Å². The molecule has 1 N–H and O–H groups in total. The summed E-state index contributed by atoms with van der Waals surface area (Å²) in [6, 6.07) is 5.67. The summed E-state index contributed by atoms with van der Waals surface area (Å²) in [5, 5.41) is 8.75. The van der Waals surface area contributed by atoms with E-state index in [9.17, 15) is 0 Å². The van der Waals surface area contributed by atoms with Gasteiger partial charge in [0.15, 0.2) is 11.0 Å². The minimum atomic E-state index is 0.487. The fourth-order valence-electron chi connectivity index (χ4n) is 1.96. The molecule has 0 atom stereocenters. The summed E-state index contributed by atoms with van der Waals surface area (Å²) in [5.41, 5.74) is 0.939. The lowest BCUT2D eigenvalue weighted by Crippen LogP contribution is -2.00. The third-order valence-corrected chi connectivity index (χ3v) is 4.37. The molecular weight excluding hydrogens is 296 g/mol. The largest absolute Gasteiger partial charge is 0.354 e. The molecule has 2 heterocycles. The van der Waals surface area contributed by atoms with Crippen LogP contribution in [0, 0.1) is 0 Å². The molecule has 0 saturated heterocycles. The minimum absolute atomic E-state index is 0.487. The van der Waals surface area contributed by atoms with E-state index in [0.29, 0.717) is 18.3 Å². The summed E-state index contributed by atoms with van der Waals surface area (Å²) < 4.78 is 6.28. The Hall–Kier alpha value is -1.66. The van der Waals surface area contributed by atoms with Crippen molar-refractivity contribution in [2.24, 2.45) is 0 Å². The standard InChI is InChI=1S/C13H11ClN4OS/c14-8-3-4-9-10(5-8)20-13(16-9)15-6-11-17-12(19-18-11)7-1-2-7/h3-5,7H,1-2,6H2,(H,15,16). The Labute approximate surface area is 124 Å². The predicted octanol–water partition coefficient (Wildman–Crippen LogP) is 3.82. The van der Waals surface area contributed by atoms with E-state index in [1.165, 1.54) is 0 Å². The van der Waals surface area contributed by atoms with Gasteiger partial charge >= 0.3 is 0 Å². The van der Waals surface area contributed by atoms with Crippen molar-refractivity contribution in [1.82, 2.24) is 15.1 Å². The van der Waals surface area contributed by atoms with E-state index < -0.39 is 0 Å². The lowest BCUT2D eigenvalue weighted by atomic mass is 10.3. The van der Waals surface area contributed by atoms with Crippen molar-refractivity contribution in [3.05, 3.63) is 34.9 Å². The van der Waals surface area contributed by atoms with Gasteiger partial charge in [0, 0.05) is 10.9 Å². The maximum Gasteiger partial charge on any atom is 0.229 e. The van der Waals surface area contributed by atoms with Gasteiger partial charge in [-0.25, -0.2) is 4.98 Å². The highest BCUT2D eigenvalue weighted by Gasteiger charge is 2.29. The van der Waals surface area contributed by atoms with E-state index in [0.717, 1.165) is 39.1 Å². The summed E-state index contributed by atoms with van der Waals surface area (Å²) >= 11 is 7.53. The third kappa shape index (κ3) is 2.36. The number of benzene rings is 1. The number of rotatable bonds is 4. The van der Waals surface area contributed by atoms with Crippen molar-refractivity contribution in [2.45, 2.75) is 25.3 Å². The Morgan fingerprint density at radius 1 is 1.35 bits per heavy atom. The van der Waals surface area contributed by atoms with Gasteiger partial charge < -0.3 is 9.84 Å². The molecule has 3 aromatic rings. The first kappa shape index (κ1) is 12.1. The number of anilines is 1. The van der Waals surface area contributed by atoms with Crippen molar-refractivity contribution in [3.63, 3.8) is 0 Å². The van der Waals surface area contributed by atoms with Crippen LogP contribution in [0.1, 0.15) is 30.5 Å². The van der Waals surface area contributed by atoms with Crippen LogP contribution in [0.2, 0.25) is 5.02 Å². The average molecular weight is 307 g/mol. The Morgan fingerprint density at radius 2 is 2.25 bits per heavy atom. The number of nitrogens with zero attached hydrogens (tertiary/aromatic N) is 3. The minimum Gasteiger partial charge on any atom is -0.354 e. The first-order valence-electron chi connectivity index (χ1n) is 6.40. The number of halogens is 1. The average Bonchev–Trinajstić information content (AvgIpc) is 3.04. The highest BCUT2D eigenvalue weighted by Crippen LogP contribution is 2.38. The molecule has 0 spiro atoms. The van der Waals surface area contributed by atoms with E-state index in [1.54, 1.807) is 11.3 Å². The van der Waals surface area contributed by atoms with Gasteiger partial charge in [0.2, 0.25) is 5.89 Å². The zero-order chi connectivity index (χ0) is 13.5. The maximum atomic E-state index is 5.97. The van der Waals surface area contributed by atoms with Gasteiger partial charge in [-0.15, -0.1) is 0 Å². The second-order valence-corrected chi connectivity index (χ2v) is 6.27. The monoisotopic (exact) mass is 306 g/mol. The molecule has 7 heteroatoms. The highest BCUT2D eigenvalue weighted by atomic mass is 35.5. The number of nitrogens with one attached hydrogen (secondary N) is 1. The molecule has 0 radical (unpaired) electrons. The molecule has 4 rings (SSSR count). The number of fused-ring (bicyclic) bond motifs is 1. The summed E-state index contributed by atoms with van der Waals surface area (Å²) in [7, 11) is 0. The quantitative estimate of drug-likeness (QED) is 0.794. The molecule has 0 unspecified atom stereocenters. The third-order valence-electron chi connectivity index (χ3n) is 3.16. The second kappa shape index (κ2) is 4.71. The Morgan fingerprint density at radius 3 is 3.10 bits per heavy atom. The Kier molecular flexibility index (Phi) is 2.85. The van der Waals surface area contributed by atoms with E-state index >= 15 is 0 Å². The van der Waals surface area contributed by atoms with Gasteiger partial charge in [-0.05, 0) is 31.0 Å². The summed E-state index contributed by atoms with van der Waals surface area (Å²) in [5.74, 6) is 1.92. The van der Waals surface area contributed by atoms with Crippen LogP contribution >= 0.6 is 22.9 Å². The fraction of sp³-hybridized carbons (Fsp3) is 0.308. The van der Waals surface area contributed by atoms with Crippen LogP contribution in [0.5, 0.6) is 0 Å². The van der Waals surface area contributed by atoms with Crippen LogP contribution in [-0.2, 0) is 6.54 Å². The van der Waals surface area contributed by atoms with Gasteiger partial charge in [-0.2, -0.15) is 4.98 Å². The molecule has 1 aliphatic rings. The molecule has 1 aromatic carbocycles. The highest BCUT2D eigenvalue weighted by molar-refractivity contribution is 7.22. The number of hydrogen-bond donors (Lipinski definition) is 1. The van der Waals surface area contributed by atoms with Crippen molar-refractivity contribution in [1.29, 1.82) is 0 Å². The molecular formula is C13H11ClN4OS. The van der Waals surface area contributed by atoms with Crippen LogP contribution in [0.4, 0.5) is 5.13 Å².